The quantitative estimate of drug-likeness (QED) is 0.234. The van der Waals surface area contributed by atoms with Gasteiger partial charge in [0.2, 0.25) is 0 Å². The van der Waals surface area contributed by atoms with Crippen molar-refractivity contribution in [3.8, 4) is 11.8 Å². The van der Waals surface area contributed by atoms with Gasteiger partial charge in [-0.15, -0.1) is 0 Å². The van der Waals surface area contributed by atoms with Crippen LogP contribution in [-0.4, -0.2) is 30.9 Å². The minimum atomic E-state index is -0.263. The largest absolute Gasteiger partial charge is 0.494 e. The molecule has 208 valence electrons. The average Bonchev–Trinajstić information content (AvgIpc) is 3.12. The molecule has 1 aliphatic rings. The molecule has 5 heteroatoms. The fourth-order valence-corrected chi connectivity index (χ4v) is 6.36. The molecule has 0 saturated carbocycles. The number of nitrogens with zero attached hydrogens (tertiary/aromatic N) is 2. The number of hydroxylamine groups is 2. The summed E-state index contributed by atoms with van der Waals surface area (Å²) in [5, 5.41) is 24.1. The normalized spacial score (nSPS) is 17.9. The van der Waals surface area contributed by atoms with E-state index in [0.29, 0.717) is 6.61 Å². The molecule has 3 rings (SSSR count). The van der Waals surface area contributed by atoms with Gasteiger partial charge in [0.05, 0.1) is 6.61 Å². The lowest BCUT2D eigenvalue weighted by atomic mass is 9.78. The number of benzene rings is 1. The minimum Gasteiger partial charge on any atom is -0.494 e. The van der Waals surface area contributed by atoms with Crippen molar-refractivity contribution in [2.45, 2.75) is 142 Å². The Hall–Kier alpha value is -1.98. The Balaban J connectivity index is 1.53. The molecular weight excluding hydrogens is 460 g/mol. The van der Waals surface area contributed by atoms with E-state index >= 15 is 0 Å². The molecule has 2 aromatic rings. The number of aromatic nitrogens is 1. The summed E-state index contributed by atoms with van der Waals surface area (Å²) in [4.78, 5) is 6.37. The molecular formula is C32H52N2O3. The van der Waals surface area contributed by atoms with Gasteiger partial charge in [-0.3, -0.25) is 9.40 Å². The summed E-state index contributed by atoms with van der Waals surface area (Å²) in [6.07, 6.45) is 15.3. The van der Waals surface area contributed by atoms with E-state index in [4.69, 9.17) is 4.84 Å². The topological polar surface area (TPSA) is 57.9 Å². The van der Waals surface area contributed by atoms with Crippen LogP contribution in [0.25, 0.3) is 0 Å². The maximum atomic E-state index is 11.1. The van der Waals surface area contributed by atoms with Crippen LogP contribution in [0, 0.1) is 0 Å². The summed E-state index contributed by atoms with van der Waals surface area (Å²) in [7, 11) is 0. The molecule has 1 saturated heterocycles. The average molecular weight is 513 g/mol. The second-order valence-electron chi connectivity index (χ2n) is 12.4. The third-order valence-electron chi connectivity index (χ3n) is 8.00. The Kier molecular flexibility index (Phi) is 11.0. The van der Waals surface area contributed by atoms with Crippen molar-refractivity contribution >= 4 is 0 Å². The number of hydrogen-bond donors (Lipinski definition) is 2. The second kappa shape index (κ2) is 13.7. The van der Waals surface area contributed by atoms with E-state index in [1.54, 1.807) is 10.6 Å². The highest BCUT2D eigenvalue weighted by molar-refractivity contribution is 5.36. The Labute approximate surface area is 225 Å². The first kappa shape index (κ1) is 29.6. The van der Waals surface area contributed by atoms with Crippen LogP contribution in [0.2, 0.25) is 0 Å². The predicted molar refractivity (Wildman–Crippen MR) is 153 cm³/mol. The van der Waals surface area contributed by atoms with Crippen LogP contribution in [-0.2, 0) is 17.9 Å². The molecule has 1 aliphatic heterocycles. The number of unbranched alkanes of at least 4 members (excludes halogenated alkanes) is 9. The van der Waals surface area contributed by atoms with Gasteiger partial charge in [-0.2, -0.15) is 5.06 Å². The monoisotopic (exact) mass is 512 g/mol. The van der Waals surface area contributed by atoms with Crippen LogP contribution in [0.4, 0.5) is 0 Å². The van der Waals surface area contributed by atoms with E-state index < -0.39 is 0 Å². The lowest BCUT2D eigenvalue weighted by Crippen LogP contribution is -2.60. The van der Waals surface area contributed by atoms with Gasteiger partial charge in [0, 0.05) is 28.7 Å². The number of aryl methyl sites for hydroxylation is 1. The molecule has 37 heavy (non-hydrogen) atoms. The lowest BCUT2D eigenvalue weighted by Gasteiger charge is -2.54. The summed E-state index contributed by atoms with van der Waals surface area (Å²) in [5.41, 5.74) is 1.49. The highest BCUT2D eigenvalue weighted by Gasteiger charge is 2.48. The highest BCUT2D eigenvalue weighted by Crippen LogP contribution is 2.47. The van der Waals surface area contributed by atoms with Crippen LogP contribution in [0.1, 0.15) is 129 Å². The zero-order valence-corrected chi connectivity index (χ0v) is 24.1. The van der Waals surface area contributed by atoms with Gasteiger partial charge in [-0.05, 0) is 58.9 Å². The first-order valence-corrected chi connectivity index (χ1v) is 14.7. The summed E-state index contributed by atoms with van der Waals surface area (Å²) < 4.78 is 1.77. The Morgan fingerprint density at radius 3 is 1.92 bits per heavy atom. The van der Waals surface area contributed by atoms with Gasteiger partial charge in [0.25, 0.3) is 0 Å². The molecule has 1 aromatic carbocycles. The van der Waals surface area contributed by atoms with E-state index in [9.17, 15) is 10.2 Å². The Bertz CT molecular complexity index is 917. The predicted octanol–water partition coefficient (Wildman–Crippen LogP) is 8.69. The molecule has 1 fully saturated rings. The van der Waals surface area contributed by atoms with Crippen molar-refractivity contribution in [2.24, 2.45) is 0 Å². The zero-order chi connectivity index (χ0) is 26.9. The van der Waals surface area contributed by atoms with Crippen molar-refractivity contribution in [2.75, 3.05) is 0 Å². The van der Waals surface area contributed by atoms with Gasteiger partial charge >= 0.3 is 0 Å². The molecule has 0 spiro atoms. The Morgan fingerprint density at radius 2 is 1.35 bits per heavy atom. The third kappa shape index (κ3) is 8.25. The fraction of sp³-hybridized carbons (Fsp3) is 0.688. The van der Waals surface area contributed by atoms with Crippen LogP contribution < -0.4 is 0 Å². The fourth-order valence-electron chi connectivity index (χ4n) is 6.36. The van der Waals surface area contributed by atoms with Crippen LogP contribution >= 0.6 is 0 Å². The van der Waals surface area contributed by atoms with Crippen LogP contribution in [0.5, 0.6) is 11.8 Å². The third-order valence-corrected chi connectivity index (χ3v) is 8.00. The van der Waals surface area contributed by atoms with Gasteiger partial charge in [-0.1, -0.05) is 95.0 Å². The van der Waals surface area contributed by atoms with Crippen molar-refractivity contribution < 1.29 is 15.1 Å². The first-order valence-electron chi connectivity index (χ1n) is 14.7. The van der Waals surface area contributed by atoms with Gasteiger partial charge in [0.1, 0.15) is 0 Å². The molecule has 0 aliphatic carbocycles. The van der Waals surface area contributed by atoms with E-state index in [1.165, 1.54) is 57.8 Å². The highest BCUT2D eigenvalue weighted by atomic mass is 16.7. The summed E-state index contributed by atoms with van der Waals surface area (Å²) in [6, 6.07) is 12.0. The van der Waals surface area contributed by atoms with Crippen molar-refractivity contribution in [3.05, 3.63) is 47.5 Å². The first-order chi connectivity index (χ1) is 17.7. The van der Waals surface area contributed by atoms with E-state index in [2.05, 4.69) is 51.8 Å². The van der Waals surface area contributed by atoms with Gasteiger partial charge in [0.15, 0.2) is 11.8 Å². The minimum absolute atomic E-state index is 0.00281. The summed E-state index contributed by atoms with van der Waals surface area (Å²) in [5.74, 6) is 0.415. The molecule has 1 aromatic heterocycles. The van der Waals surface area contributed by atoms with E-state index in [-0.39, 0.29) is 28.9 Å². The molecule has 2 N–H and O–H groups in total. The molecule has 5 nitrogen and oxygen atoms in total. The zero-order valence-electron chi connectivity index (χ0n) is 24.1. The summed E-state index contributed by atoms with van der Waals surface area (Å²) >= 11 is 0. The van der Waals surface area contributed by atoms with E-state index in [0.717, 1.165) is 36.8 Å². The molecule has 0 atom stereocenters. The SMILES string of the molecule is CCCCCCCCCCCCc1cc(O)n(C2CC(C)(C)N(OCc3ccccc3)C(C)(C)C2)c1O. The molecule has 0 amide bonds. The number of rotatable bonds is 15. The summed E-state index contributed by atoms with van der Waals surface area (Å²) in [6.45, 7) is 11.5. The molecule has 0 bridgehead atoms. The number of hydrogen-bond acceptors (Lipinski definition) is 4. The van der Waals surface area contributed by atoms with Crippen LogP contribution in [0.3, 0.4) is 0 Å². The number of piperidine rings is 1. The van der Waals surface area contributed by atoms with Gasteiger partial charge in [-0.25, -0.2) is 0 Å². The Morgan fingerprint density at radius 1 is 0.811 bits per heavy atom. The standard InChI is InChI=1S/C32H52N2O3/c1-6-7-8-9-10-11-12-13-14-18-21-27-22-29(35)33(30(27)36)28-23-31(2,3)34(32(4,5)24-28)37-25-26-19-16-15-17-20-26/h15-17,19-20,22,28,35-36H,6-14,18,21,23-25H2,1-5H3. The maximum absolute atomic E-state index is 11.1. The molecule has 0 radical (unpaired) electrons. The van der Waals surface area contributed by atoms with Crippen molar-refractivity contribution in [3.63, 3.8) is 0 Å². The smallest absolute Gasteiger partial charge is 0.197 e. The number of aromatic hydroxyl groups is 2. The van der Waals surface area contributed by atoms with Crippen molar-refractivity contribution in [1.29, 1.82) is 0 Å². The van der Waals surface area contributed by atoms with Gasteiger partial charge < -0.3 is 10.2 Å². The molecule has 0 unspecified atom stereocenters. The maximum Gasteiger partial charge on any atom is 0.197 e. The second-order valence-corrected chi connectivity index (χ2v) is 12.4. The van der Waals surface area contributed by atoms with E-state index in [1.807, 2.05) is 18.2 Å². The molecule has 2 heterocycles. The lowest BCUT2D eigenvalue weighted by molar-refractivity contribution is -0.293. The van der Waals surface area contributed by atoms with Crippen LogP contribution in [0.15, 0.2) is 36.4 Å². The van der Waals surface area contributed by atoms with Crippen molar-refractivity contribution in [1.82, 2.24) is 9.63 Å².